The summed E-state index contributed by atoms with van der Waals surface area (Å²) >= 11 is 0. The molecule has 3 heterocycles. The van der Waals surface area contributed by atoms with Gasteiger partial charge >= 0.3 is 6.09 Å². The average molecular weight is 348 g/mol. The minimum atomic E-state index is -0.489. The molecule has 4 rings (SSSR count). The molecule has 2 unspecified atom stereocenters. The molecule has 2 bridgehead atoms. The Hall–Kier alpha value is -2.05. The Balaban J connectivity index is 1.45. The van der Waals surface area contributed by atoms with Crippen LogP contribution in [0.15, 0.2) is 12.4 Å². The van der Waals surface area contributed by atoms with Crippen LogP contribution in [0.2, 0.25) is 0 Å². The Labute approximate surface area is 148 Å². The number of aromatic nitrogens is 2. The number of rotatable bonds is 4. The fourth-order valence-electron chi connectivity index (χ4n) is 3.78. The minimum Gasteiger partial charge on any atom is -0.444 e. The van der Waals surface area contributed by atoms with Crippen LogP contribution >= 0.6 is 0 Å². The van der Waals surface area contributed by atoms with Gasteiger partial charge in [0.25, 0.3) is 0 Å². The third-order valence-corrected chi connectivity index (χ3v) is 4.95. The Morgan fingerprint density at radius 1 is 1.32 bits per heavy atom. The fourth-order valence-corrected chi connectivity index (χ4v) is 3.78. The molecular formula is C18H28N4O3. The Bertz CT molecular complexity index is 637. The van der Waals surface area contributed by atoms with Crippen LogP contribution in [0.25, 0.3) is 0 Å². The van der Waals surface area contributed by atoms with E-state index in [1.165, 1.54) is 0 Å². The quantitative estimate of drug-likeness (QED) is 0.899. The van der Waals surface area contributed by atoms with Gasteiger partial charge < -0.3 is 15.0 Å². The van der Waals surface area contributed by atoms with Crippen LogP contribution in [0, 0.1) is 11.8 Å². The number of ether oxygens (including phenoxy) is 1. The van der Waals surface area contributed by atoms with Crippen molar-refractivity contribution in [2.45, 2.75) is 51.7 Å². The molecule has 25 heavy (non-hydrogen) atoms. The summed E-state index contributed by atoms with van der Waals surface area (Å²) in [6.07, 6.45) is 5.70. The maximum absolute atomic E-state index is 12.4. The highest BCUT2D eigenvalue weighted by molar-refractivity contribution is 5.77. The first-order valence-electron chi connectivity index (χ1n) is 8.96. The molecule has 7 heteroatoms. The summed E-state index contributed by atoms with van der Waals surface area (Å²) in [6.45, 7) is 7.02. The van der Waals surface area contributed by atoms with Crippen molar-refractivity contribution in [2.75, 3.05) is 13.1 Å². The van der Waals surface area contributed by atoms with E-state index in [0.717, 1.165) is 31.5 Å². The Morgan fingerprint density at radius 2 is 2.00 bits per heavy atom. The molecule has 2 saturated heterocycles. The first-order chi connectivity index (χ1) is 11.7. The van der Waals surface area contributed by atoms with Crippen LogP contribution in [-0.2, 0) is 23.0 Å². The van der Waals surface area contributed by atoms with Gasteiger partial charge in [-0.25, -0.2) is 4.79 Å². The summed E-state index contributed by atoms with van der Waals surface area (Å²) < 4.78 is 7.09. The van der Waals surface area contributed by atoms with Crippen LogP contribution in [0.4, 0.5) is 4.79 Å². The van der Waals surface area contributed by atoms with Gasteiger partial charge in [0.15, 0.2) is 0 Å². The van der Waals surface area contributed by atoms with Crippen LogP contribution in [0.1, 0.15) is 39.2 Å². The zero-order valence-corrected chi connectivity index (χ0v) is 15.5. The lowest BCUT2D eigenvalue weighted by Gasteiger charge is -2.53. The van der Waals surface area contributed by atoms with Crippen molar-refractivity contribution in [1.29, 1.82) is 0 Å². The molecule has 1 aromatic rings. The summed E-state index contributed by atoms with van der Waals surface area (Å²) in [5, 5.41) is 7.11. The molecule has 3 aliphatic rings. The second-order valence-electron chi connectivity index (χ2n) is 8.25. The molecule has 1 saturated carbocycles. The van der Waals surface area contributed by atoms with Crippen molar-refractivity contribution >= 4 is 12.0 Å². The second-order valence-corrected chi connectivity index (χ2v) is 8.25. The lowest BCUT2D eigenvalue weighted by atomic mass is 9.66. The van der Waals surface area contributed by atoms with Crippen molar-refractivity contribution in [3.8, 4) is 0 Å². The van der Waals surface area contributed by atoms with Gasteiger partial charge in [0, 0.05) is 38.8 Å². The van der Waals surface area contributed by atoms with Crippen LogP contribution < -0.4 is 5.32 Å². The first-order valence-corrected chi connectivity index (χ1v) is 8.96. The summed E-state index contributed by atoms with van der Waals surface area (Å²) in [5.41, 5.74) is 0.597. The maximum Gasteiger partial charge on any atom is 0.407 e. The predicted octanol–water partition coefficient (Wildman–Crippen LogP) is 1.72. The highest BCUT2D eigenvalue weighted by atomic mass is 16.6. The zero-order chi connectivity index (χ0) is 18.2. The number of nitrogens with zero attached hydrogens (tertiary/aromatic N) is 3. The van der Waals surface area contributed by atoms with Gasteiger partial charge in [0.05, 0.1) is 6.20 Å². The molecule has 2 aliphatic heterocycles. The fraction of sp³-hybridized carbons (Fsp3) is 0.722. The van der Waals surface area contributed by atoms with Crippen molar-refractivity contribution in [3.63, 3.8) is 0 Å². The standard InChI is InChI=1S/C18H28N4O3/c1-18(2,3)25-17(24)20-16-13-7-14(16)11-22(10-13)15(23)6-5-12-8-19-21(4)9-12/h8-9,13-14,16H,5-7,10-11H2,1-4H3,(H,20,24). The second kappa shape index (κ2) is 6.69. The van der Waals surface area contributed by atoms with E-state index in [1.54, 1.807) is 4.68 Å². The van der Waals surface area contributed by atoms with Crippen molar-refractivity contribution in [1.82, 2.24) is 20.0 Å². The Morgan fingerprint density at radius 3 is 2.56 bits per heavy atom. The molecule has 7 nitrogen and oxygen atoms in total. The monoisotopic (exact) mass is 348 g/mol. The van der Waals surface area contributed by atoms with E-state index < -0.39 is 5.60 Å². The molecular weight excluding hydrogens is 320 g/mol. The van der Waals surface area contributed by atoms with Gasteiger partial charge in [-0.05, 0) is 51.0 Å². The van der Waals surface area contributed by atoms with Gasteiger partial charge in [-0.3, -0.25) is 9.48 Å². The van der Waals surface area contributed by atoms with E-state index in [4.69, 9.17) is 4.74 Å². The molecule has 138 valence electrons. The lowest BCUT2D eigenvalue weighted by Crippen LogP contribution is -2.65. The molecule has 1 N–H and O–H groups in total. The maximum atomic E-state index is 12.4. The molecule has 0 spiro atoms. The first kappa shape index (κ1) is 17.8. The highest BCUT2D eigenvalue weighted by Gasteiger charge is 2.48. The average Bonchev–Trinajstić information content (AvgIpc) is 2.94. The smallest absolute Gasteiger partial charge is 0.407 e. The van der Waals surface area contributed by atoms with Gasteiger partial charge in [-0.2, -0.15) is 5.10 Å². The van der Waals surface area contributed by atoms with Gasteiger partial charge in [-0.1, -0.05) is 0 Å². The number of piperidine rings is 2. The number of amides is 2. The predicted molar refractivity (Wildman–Crippen MR) is 92.9 cm³/mol. The molecule has 2 atom stereocenters. The number of hydrogen-bond donors (Lipinski definition) is 1. The summed E-state index contributed by atoms with van der Waals surface area (Å²) in [6, 6.07) is 0.136. The van der Waals surface area contributed by atoms with E-state index >= 15 is 0 Å². The third-order valence-electron chi connectivity index (χ3n) is 4.95. The Kier molecular flexibility index (Phi) is 4.75. The van der Waals surface area contributed by atoms with E-state index in [-0.39, 0.29) is 18.0 Å². The number of nitrogens with one attached hydrogen (secondary N) is 1. The SMILES string of the molecule is Cn1cc(CCC(=O)N2CC3CC(C2)C3NC(=O)OC(C)(C)C)cn1. The molecule has 2 amide bonds. The van der Waals surface area contributed by atoms with Crippen molar-refractivity contribution in [3.05, 3.63) is 18.0 Å². The molecule has 3 fully saturated rings. The van der Waals surface area contributed by atoms with Crippen LogP contribution in [-0.4, -0.2) is 51.4 Å². The third kappa shape index (κ3) is 4.32. The highest BCUT2D eigenvalue weighted by Crippen LogP contribution is 2.40. The van der Waals surface area contributed by atoms with Gasteiger partial charge in [0.1, 0.15) is 5.60 Å². The lowest BCUT2D eigenvalue weighted by molar-refractivity contribution is -0.139. The summed E-state index contributed by atoms with van der Waals surface area (Å²) in [7, 11) is 1.88. The largest absolute Gasteiger partial charge is 0.444 e. The number of carbonyl (C=O) groups is 2. The van der Waals surface area contributed by atoms with Gasteiger partial charge in [-0.15, -0.1) is 0 Å². The van der Waals surface area contributed by atoms with Crippen LogP contribution in [0.5, 0.6) is 0 Å². The topological polar surface area (TPSA) is 76.5 Å². The van der Waals surface area contributed by atoms with E-state index in [9.17, 15) is 9.59 Å². The van der Waals surface area contributed by atoms with Crippen molar-refractivity contribution < 1.29 is 14.3 Å². The van der Waals surface area contributed by atoms with Crippen molar-refractivity contribution in [2.24, 2.45) is 18.9 Å². The zero-order valence-electron chi connectivity index (χ0n) is 15.5. The van der Waals surface area contributed by atoms with Crippen LogP contribution in [0.3, 0.4) is 0 Å². The number of carbonyl (C=O) groups excluding carboxylic acids is 2. The number of alkyl carbamates (subject to hydrolysis) is 1. The number of hydrogen-bond acceptors (Lipinski definition) is 4. The molecule has 0 radical (unpaired) electrons. The number of fused-ring (bicyclic) bond motifs is 2. The minimum absolute atomic E-state index is 0.136. The summed E-state index contributed by atoms with van der Waals surface area (Å²) in [5.74, 6) is 0.872. The number of aryl methyl sites for hydroxylation is 2. The summed E-state index contributed by atoms with van der Waals surface area (Å²) in [4.78, 5) is 26.3. The van der Waals surface area contributed by atoms with E-state index in [2.05, 4.69) is 10.4 Å². The molecule has 1 aromatic heterocycles. The molecule has 1 aliphatic carbocycles. The molecule has 0 aromatic carbocycles. The van der Waals surface area contributed by atoms with E-state index in [1.807, 2.05) is 45.1 Å². The van der Waals surface area contributed by atoms with E-state index in [0.29, 0.717) is 18.3 Å². The normalized spacial score (nSPS) is 25.3. The van der Waals surface area contributed by atoms with Gasteiger partial charge in [0.2, 0.25) is 5.91 Å².